The minimum absolute atomic E-state index is 0.135. The number of alkyl halides is 3. The number of carbonyl (C=O) groups excluding carboxylic acids is 2. The molecule has 0 aliphatic rings. The second kappa shape index (κ2) is 10.3. The van der Waals surface area contributed by atoms with Crippen molar-refractivity contribution in [2.45, 2.75) is 27.1 Å². The topological polar surface area (TPSA) is 92.4 Å². The van der Waals surface area contributed by atoms with Gasteiger partial charge in [0.2, 0.25) is 5.91 Å². The Labute approximate surface area is 208 Å². The highest BCUT2D eigenvalue weighted by atomic mass is 79.9. The number of aromatic nitrogens is 1. The molecule has 0 aliphatic heterocycles. The number of hydrogen-bond donors (Lipinski definition) is 3. The molecule has 0 fully saturated rings. The molecular weight excluding hydrogens is 529 g/mol. The van der Waals surface area contributed by atoms with E-state index in [1.165, 1.54) is 6.07 Å². The van der Waals surface area contributed by atoms with E-state index in [1.807, 2.05) is 26.8 Å². The van der Waals surface area contributed by atoms with Gasteiger partial charge in [0, 0.05) is 27.3 Å². The van der Waals surface area contributed by atoms with E-state index < -0.39 is 23.6 Å². The molecule has 0 saturated heterocycles. The van der Waals surface area contributed by atoms with E-state index in [-0.39, 0.29) is 16.1 Å². The first-order valence-electron chi connectivity index (χ1n) is 10.3. The highest BCUT2D eigenvalue weighted by Gasteiger charge is 2.31. The summed E-state index contributed by atoms with van der Waals surface area (Å²) >= 11 is 3.11. The molecule has 0 radical (unpaired) electrons. The SMILES string of the molecule is CC(C)(C)C(=O)Nc1ccc(-c2ccc(NC(=O)Nc3ccc(OC(F)(F)F)cc3Br)cc2)cn1. The number of halogens is 4. The van der Waals surface area contributed by atoms with Crippen molar-refractivity contribution >= 4 is 45.1 Å². The van der Waals surface area contributed by atoms with E-state index in [9.17, 15) is 22.8 Å². The Kier molecular flexibility index (Phi) is 7.69. The minimum Gasteiger partial charge on any atom is -0.406 e. The van der Waals surface area contributed by atoms with E-state index in [1.54, 1.807) is 36.5 Å². The molecule has 0 bridgehead atoms. The first-order chi connectivity index (χ1) is 16.3. The van der Waals surface area contributed by atoms with Crippen LogP contribution in [0.15, 0.2) is 65.3 Å². The third-order valence-corrected chi connectivity index (χ3v) is 5.24. The van der Waals surface area contributed by atoms with Crippen LogP contribution in [-0.2, 0) is 4.79 Å². The number of nitrogens with one attached hydrogen (secondary N) is 3. The monoisotopic (exact) mass is 550 g/mol. The maximum Gasteiger partial charge on any atom is 0.573 e. The number of nitrogens with zero attached hydrogens (tertiary/aromatic N) is 1. The molecule has 3 N–H and O–H groups in total. The standard InChI is InChI=1S/C24H22BrF3N4O3/c1-23(2,3)21(33)32-20-11-6-15(13-29-20)14-4-7-16(8-5-14)30-22(34)31-19-10-9-17(12-18(19)25)35-24(26,27)28/h4-13H,1-3H3,(H,29,32,33)(H2,30,31,34). The molecule has 1 aromatic heterocycles. The van der Waals surface area contributed by atoms with E-state index >= 15 is 0 Å². The third-order valence-electron chi connectivity index (χ3n) is 4.58. The number of benzene rings is 2. The first kappa shape index (κ1) is 26.0. The summed E-state index contributed by atoms with van der Waals surface area (Å²) in [5.41, 5.74) is 1.90. The van der Waals surface area contributed by atoms with Crippen molar-refractivity contribution in [1.82, 2.24) is 4.98 Å². The highest BCUT2D eigenvalue weighted by Crippen LogP contribution is 2.31. The average Bonchev–Trinajstić information content (AvgIpc) is 2.75. The van der Waals surface area contributed by atoms with Crippen LogP contribution in [0.4, 0.5) is 35.2 Å². The molecule has 184 valence electrons. The summed E-state index contributed by atoms with van der Waals surface area (Å²) in [5, 5.41) is 7.96. The van der Waals surface area contributed by atoms with Crippen LogP contribution in [0.1, 0.15) is 20.8 Å². The Balaban J connectivity index is 1.59. The number of anilines is 3. The van der Waals surface area contributed by atoms with Crippen molar-refractivity contribution in [1.29, 1.82) is 0 Å². The van der Waals surface area contributed by atoms with Gasteiger partial charge in [-0.15, -0.1) is 13.2 Å². The van der Waals surface area contributed by atoms with Crippen LogP contribution >= 0.6 is 15.9 Å². The summed E-state index contributed by atoms with van der Waals surface area (Å²) in [5.74, 6) is -0.0955. The van der Waals surface area contributed by atoms with Gasteiger partial charge in [-0.3, -0.25) is 4.79 Å². The van der Waals surface area contributed by atoms with Gasteiger partial charge in [-0.1, -0.05) is 32.9 Å². The van der Waals surface area contributed by atoms with Gasteiger partial charge in [-0.25, -0.2) is 9.78 Å². The number of hydrogen-bond acceptors (Lipinski definition) is 4. The van der Waals surface area contributed by atoms with Crippen LogP contribution < -0.4 is 20.7 Å². The van der Waals surface area contributed by atoms with E-state index in [0.717, 1.165) is 23.3 Å². The predicted molar refractivity (Wildman–Crippen MR) is 131 cm³/mol. The van der Waals surface area contributed by atoms with Crippen molar-refractivity contribution in [3.63, 3.8) is 0 Å². The fraction of sp³-hybridized carbons (Fsp3) is 0.208. The minimum atomic E-state index is -4.81. The molecule has 0 spiro atoms. The second-order valence-electron chi connectivity index (χ2n) is 8.48. The normalized spacial score (nSPS) is 11.5. The van der Waals surface area contributed by atoms with Gasteiger partial charge in [0.1, 0.15) is 11.6 Å². The first-order valence-corrected chi connectivity index (χ1v) is 11.1. The zero-order valence-electron chi connectivity index (χ0n) is 19.0. The van der Waals surface area contributed by atoms with E-state index in [2.05, 4.69) is 41.6 Å². The molecule has 11 heteroatoms. The van der Waals surface area contributed by atoms with Gasteiger partial charge in [0.15, 0.2) is 0 Å². The fourth-order valence-corrected chi connectivity index (χ4v) is 3.22. The maximum atomic E-state index is 12.3. The zero-order chi connectivity index (χ0) is 25.8. The summed E-state index contributed by atoms with van der Waals surface area (Å²) in [6, 6.07) is 13.4. The van der Waals surface area contributed by atoms with Crippen LogP contribution in [0.25, 0.3) is 11.1 Å². The summed E-state index contributed by atoms with van der Waals surface area (Å²) in [6.07, 6.45) is -3.17. The molecule has 0 atom stereocenters. The van der Waals surface area contributed by atoms with E-state index in [0.29, 0.717) is 11.5 Å². The lowest BCUT2D eigenvalue weighted by atomic mass is 9.96. The van der Waals surface area contributed by atoms with Gasteiger partial charge in [0.25, 0.3) is 0 Å². The lowest BCUT2D eigenvalue weighted by Gasteiger charge is -2.17. The Morgan fingerprint density at radius 3 is 2.09 bits per heavy atom. The van der Waals surface area contributed by atoms with Crippen LogP contribution in [0.3, 0.4) is 0 Å². The molecule has 2 aromatic carbocycles. The van der Waals surface area contributed by atoms with Crippen LogP contribution in [0.5, 0.6) is 5.75 Å². The molecule has 0 saturated carbocycles. The van der Waals surface area contributed by atoms with E-state index in [4.69, 9.17) is 0 Å². The van der Waals surface area contributed by atoms with Gasteiger partial charge >= 0.3 is 12.4 Å². The molecule has 3 rings (SSSR count). The molecule has 7 nitrogen and oxygen atoms in total. The third kappa shape index (κ3) is 7.71. The lowest BCUT2D eigenvalue weighted by Crippen LogP contribution is -2.27. The maximum absolute atomic E-state index is 12.3. The van der Waals surface area contributed by atoms with Gasteiger partial charge in [0.05, 0.1) is 5.69 Å². The van der Waals surface area contributed by atoms with Crippen LogP contribution in [0.2, 0.25) is 0 Å². The van der Waals surface area contributed by atoms with Crippen molar-refractivity contribution in [3.8, 4) is 16.9 Å². The predicted octanol–water partition coefficient (Wildman–Crippen LogP) is 7.04. The summed E-state index contributed by atoms with van der Waals surface area (Å²) in [6.45, 7) is 5.44. The zero-order valence-corrected chi connectivity index (χ0v) is 20.5. The summed E-state index contributed by atoms with van der Waals surface area (Å²) in [4.78, 5) is 28.6. The number of rotatable bonds is 5. The summed E-state index contributed by atoms with van der Waals surface area (Å²) in [7, 11) is 0. The van der Waals surface area contributed by atoms with Gasteiger partial charge < -0.3 is 20.7 Å². The Morgan fingerprint density at radius 1 is 0.886 bits per heavy atom. The Hall–Kier alpha value is -3.60. The lowest BCUT2D eigenvalue weighted by molar-refractivity contribution is -0.274. The van der Waals surface area contributed by atoms with Crippen molar-refractivity contribution in [2.75, 3.05) is 16.0 Å². The van der Waals surface area contributed by atoms with Crippen LogP contribution in [0, 0.1) is 5.41 Å². The fourth-order valence-electron chi connectivity index (χ4n) is 2.77. The number of carbonyl (C=O) groups is 2. The molecule has 0 aliphatic carbocycles. The summed E-state index contributed by atoms with van der Waals surface area (Å²) < 4.78 is 41.0. The molecule has 3 aromatic rings. The van der Waals surface area contributed by atoms with Crippen molar-refractivity contribution in [2.24, 2.45) is 5.41 Å². The molecule has 0 unspecified atom stereocenters. The molecular formula is C24H22BrF3N4O3. The van der Waals surface area contributed by atoms with Crippen molar-refractivity contribution in [3.05, 3.63) is 65.3 Å². The van der Waals surface area contributed by atoms with Gasteiger partial charge in [-0.2, -0.15) is 0 Å². The molecule has 3 amide bonds. The van der Waals surface area contributed by atoms with Crippen LogP contribution in [-0.4, -0.2) is 23.3 Å². The quantitative estimate of drug-likeness (QED) is 0.317. The smallest absolute Gasteiger partial charge is 0.406 e. The Bertz CT molecular complexity index is 1210. The number of ether oxygens (including phenoxy) is 1. The molecule has 35 heavy (non-hydrogen) atoms. The van der Waals surface area contributed by atoms with Crippen molar-refractivity contribution < 1.29 is 27.5 Å². The van der Waals surface area contributed by atoms with Gasteiger partial charge in [-0.05, 0) is 64.0 Å². The second-order valence-corrected chi connectivity index (χ2v) is 9.34. The number of amides is 3. The number of pyridine rings is 1. The highest BCUT2D eigenvalue weighted by molar-refractivity contribution is 9.10. The largest absolute Gasteiger partial charge is 0.573 e. The molecule has 1 heterocycles. The average molecular weight is 551 g/mol. The number of urea groups is 1. The Morgan fingerprint density at radius 2 is 1.54 bits per heavy atom.